The second kappa shape index (κ2) is 9.30. The number of alkyl carbamates (subject to hydrolysis) is 1. The number of amides is 1. The SMILES string of the molecule is O=C(NCCC#Cc1ccc2c(c1)CNCC2)OCC1c2ccccc2-c2ccccc21. The minimum absolute atomic E-state index is 0.0754. The zero-order chi connectivity index (χ0) is 21.8. The van der Waals surface area contributed by atoms with Gasteiger partial charge in [0.15, 0.2) is 0 Å². The normalized spacial score (nSPS) is 13.9. The molecule has 1 heterocycles. The summed E-state index contributed by atoms with van der Waals surface area (Å²) in [6.07, 6.45) is 1.26. The van der Waals surface area contributed by atoms with Gasteiger partial charge >= 0.3 is 6.09 Å². The van der Waals surface area contributed by atoms with Gasteiger partial charge in [-0.05, 0) is 58.5 Å². The van der Waals surface area contributed by atoms with Crippen LogP contribution in [0.4, 0.5) is 4.79 Å². The summed E-state index contributed by atoms with van der Waals surface area (Å²) in [5.74, 6) is 6.42. The van der Waals surface area contributed by atoms with E-state index in [2.05, 4.69) is 64.9 Å². The van der Waals surface area contributed by atoms with Crippen molar-refractivity contribution < 1.29 is 9.53 Å². The number of rotatable bonds is 4. The van der Waals surface area contributed by atoms with Crippen LogP contribution in [0.25, 0.3) is 11.1 Å². The van der Waals surface area contributed by atoms with Gasteiger partial charge in [-0.25, -0.2) is 4.79 Å². The number of carbonyl (C=O) groups is 1. The van der Waals surface area contributed by atoms with Crippen LogP contribution >= 0.6 is 0 Å². The highest BCUT2D eigenvalue weighted by Crippen LogP contribution is 2.44. The lowest BCUT2D eigenvalue weighted by molar-refractivity contribution is 0.143. The van der Waals surface area contributed by atoms with Gasteiger partial charge in [-0.1, -0.05) is 66.4 Å². The highest BCUT2D eigenvalue weighted by molar-refractivity contribution is 5.79. The molecule has 5 rings (SSSR count). The van der Waals surface area contributed by atoms with Crippen molar-refractivity contribution in [3.63, 3.8) is 0 Å². The first-order valence-corrected chi connectivity index (χ1v) is 11.2. The van der Waals surface area contributed by atoms with E-state index in [9.17, 15) is 4.79 Å². The van der Waals surface area contributed by atoms with Gasteiger partial charge in [0.25, 0.3) is 0 Å². The van der Waals surface area contributed by atoms with Crippen LogP contribution in [-0.4, -0.2) is 25.8 Å². The largest absolute Gasteiger partial charge is 0.449 e. The van der Waals surface area contributed by atoms with E-state index in [0.717, 1.165) is 25.1 Å². The number of hydrogen-bond acceptors (Lipinski definition) is 3. The second-order valence-corrected chi connectivity index (χ2v) is 8.21. The van der Waals surface area contributed by atoms with Crippen molar-refractivity contribution in [2.24, 2.45) is 0 Å². The summed E-state index contributed by atoms with van der Waals surface area (Å²) >= 11 is 0. The fourth-order valence-electron chi connectivity index (χ4n) is 4.60. The first-order chi connectivity index (χ1) is 15.8. The van der Waals surface area contributed by atoms with Crippen molar-refractivity contribution in [3.05, 3.63) is 94.5 Å². The number of fused-ring (bicyclic) bond motifs is 4. The third-order valence-electron chi connectivity index (χ3n) is 6.19. The molecule has 0 bridgehead atoms. The topological polar surface area (TPSA) is 50.4 Å². The van der Waals surface area contributed by atoms with Gasteiger partial charge in [0.1, 0.15) is 6.61 Å². The van der Waals surface area contributed by atoms with Crippen LogP contribution in [0.5, 0.6) is 0 Å². The zero-order valence-electron chi connectivity index (χ0n) is 18.0. The van der Waals surface area contributed by atoms with E-state index < -0.39 is 6.09 Å². The van der Waals surface area contributed by atoms with Crippen LogP contribution in [0.3, 0.4) is 0 Å². The lowest BCUT2D eigenvalue weighted by Crippen LogP contribution is -2.26. The summed E-state index contributed by atoms with van der Waals surface area (Å²) in [4.78, 5) is 12.2. The number of ether oxygens (including phenoxy) is 1. The lowest BCUT2D eigenvalue weighted by atomic mass is 9.98. The standard InChI is InChI=1S/C28H26N2O2/c31-28(30-15-6-5-7-20-12-13-21-14-16-29-18-22(21)17-20)32-19-27-25-10-3-1-8-23(25)24-9-2-4-11-26(24)27/h1-4,8-13,17,27,29H,6,14-16,18-19H2,(H,30,31). The molecule has 0 saturated carbocycles. The molecule has 1 aliphatic heterocycles. The molecule has 0 aromatic heterocycles. The highest BCUT2D eigenvalue weighted by atomic mass is 16.5. The molecule has 0 spiro atoms. The summed E-state index contributed by atoms with van der Waals surface area (Å²) in [5, 5.41) is 6.21. The Labute approximate surface area is 189 Å². The van der Waals surface area contributed by atoms with Gasteiger partial charge in [-0.2, -0.15) is 0 Å². The molecular formula is C28H26N2O2. The molecule has 160 valence electrons. The average molecular weight is 423 g/mol. The number of hydrogen-bond donors (Lipinski definition) is 2. The molecule has 3 aromatic rings. The van der Waals surface area contributed by atoms with Crippen LogP contribution in [-0.2, 0) is 17.7 Å². The third kappa shape index (κ3) is 4.26. The molecule has 3 aromatic carbocycles. The van der Waals surface area contributed by atoms with Crippen LogP contribution < -0.4 is 10.6 Å². The summed E-state index contributed by atoms with van der Waals surface area (Å²) in [7, 11) is 0. The van der Waals surface area contributed by atoms with Crippen molar-refractivity contribution >= 4 is 6.09 Å². The Morgan fingerprint density at radius 3 is 2.53 bits per heavy atom. The average Bonchev–Trinajstić information content (AvgIpc) is 3.16. The molecule has 0 radical (unpaired) electrons. The van der Waals surface area contributed by atoms with E-state index in [0.29, 0.717) is 19.6 Å². The zero-order valence-corrected chi connectivity index (χ0v) is 18.0. The molecule has 2 N–H and O–H groups in total. The van der Waals surface area contributed by atoms with Crippen molar-refractivity contribution in [1.82, 2.24) is 10.6 Å². The second-order valence-electron chi connectivity index (χ2n) is 8.21. The molecule has 4 heteroatoms. The van der Waals surface area contributed by atoms with Crippen LogP contribution in [0, 0.1) is 11.8 Å². The van der Waals surface area contributed by atoms with Gasteiger partial charge in [0.2, 0.25) is 0 Å². The van der Waals surface area contributed by atoms with Gasteiger partial charge < -0.3 is 15.4 Å². The summed E-state index contributed by atoms with van der Waals surface area (Å²) in [6, 6.07) is 23.1. The Morgan fingerprint density at radius 1 is 1.00 bits per heavy atom. The number of benzene rings is 3. The van der Waals surface area contributed by atoms with E-state index in [4.69, 9.17) is 4.74 Å². The van der Waals surface area contributed by atoms with Crippen LogP contribution in [0.2, 0.25) is 0 Å². The fraction of sp³-hybridized carbons (Fsp3) is 0.250. The Balaban J connectivity index is 1.12. The van der Waals surface area contributed by atoms with Crippen molar-refractivity contribution in [2.75, 3.05) is 19.7 Å². The van der Waals surface area contributed by atoms with E-state index in [1.165, 1.54) is 33.4 Å². The summed E-state index contributed by atoms with van der Waals surface area (Å²) < 4.78 is 5.56. The molecule has 0 fully saturated rings. The Kier molecular flexibility index (Phi) is 5.91. The first-order valence-electron chi connectivity index (χ1n) is 11.2. The van der Waals surface area contributed by atoms with Crippen LogP contribution in [0.1, 0.15) is 40.2 Å². The predicted molar refractivity (Wildman–Crippen MR) is 126 cm³/mol. The molecule has 0 atom stereocenters. The van der Waals surface area contributed by atoms with Crippen molar-refractivity contribution in [3.8, 4) is 23.0 Å². The molecule has 1 amide bonds. The van der Waals surface area contributed by atoms with Gasteiger partial charge in [0, 0.05) is 31.0 Å². The maximum atomic E-state index is 12.2. The summed E-state index contributed by atoms with van der Waals surface area (Å²) in [6.45, 7) is 2.75. The number of carbonyl (C=O) groups excluding carboxylic acids is 1. The van der Waals surface area contributed by atoms with Gasteiger partial charge in [0.05, 0.1) is 0 Å². The quantitative estimate of drug-likeness (QED) is 0.477. The van der Waals surface area contributed by atoms with Crippen molar-refractivity contribution in [1.29, 1.82) is 0 Å². The Morgan fingerprint density at radius 2 is 1.75 bits per heavy atom. The van der Waals surface area contributed by atoms with E-state index >= 15 is 0 Å². The molecule has 2 aliphatic rings. The molecule has 32 heavy (non-hydrogen) atoms. The van der Waals surface area contributed by atoms with Gasteiger partial charge in [-0.15, -0.1) is 0 Å². The smallest absolute Gasteiger partial charge is 0.407 e. The van der Waals surface area contributed by atoms with E-state index in [1.54, 1.807) is 0 Å². The Hall–Kier alpha value is -3.55. The monoisotopic (exact) mass is 422 g/mol. The molecule has 4 nitrogen and oxygen atoms in total. The Bertz CT molecular complexity index is 1160. The van der Waals surface area contributed by atoms with Gasteiger partial charge in [-0.3, -0.25) is 0 Å². The molecular weight excluding hydrogens is 396 g/mol. The maximum absolute atomic E-state index is 12.2. The molecule has 0 unspecified atom stereocenters. The lowest BCUT2D eigenvalue weighted by Gasteiger charge is -2.16. The minimum atomic E-state index is -0.395. The van der Waals surface area contributed by atoms with E-state index in [-0.39, 0.29) is 5.92 Å². The minimum Gasteiger partial charge on any atom is -0.449 e. The molecule has 1 aliphatic carbocycles. The first kappa shape index (κ1) is 20.4. The van der Waals surface area contributed by atoms with E-state index in [1.807, 2.05) is 24.3 Å². The highest BCUT2D eigenvalue weighted by Gasteiger charge is 2.28. The number of nitrogens with one attached hydrogen (secondary N) is 2. The third-order valence-corrected chi connectivity index (χ3v) is 6.19. The fourth-order valence-corrected chi connectivity index (χ4v) is 4.60. The molecule has 0 saturated heterocycles. The summed E-state index contributed by atoms with van der Waals surface area (Å²) in [5.41, 5.74) is 8.65. The predicted octanol–water partition coefficient (Wildman–Crippen LogP) is 4.61. The maximum Gasteiger partial charge on any atom is 0.407 e. The van der Waals surface area contributed by atoms with Crippen molar-refractivity contribution in [2.45, 2.75) is 25.3 Å². The van der Waals surface area contributed by atoms with Crippen LogP contribution in [0.15, 0.2) is 66.7 Å².